The number of nitrogens with zero attached hydrogens (tertiary/aromatic N) is 2. The van der Waals surface area contributed by atoms with Crippen LogP contribution in [0.1, 0.15) is 72.4 Å². The van der Waals surface area contributed by atoms with Crippen LogP contribution in [0.25, 0.3) is 0 Å². The maximum absolute atomic E-state index is 14.4. The summed E-state index contributed by atoms with van der Waals surface area (Å²) in [4.78, 5) is 60.6. The van der Waals surface area contributed by atoms with E-state index in [-0.39, 0.29) is 30.1 Å². The zero-order valence-electron chi connectivity index (χ0n) is 28.4. The number of carbonyl (C=O) groups is 4. The fourth-order valence-corrected chi connectivity index (χ4v) is 6.84. The minimum atomic E-state index is -0.900. The van der Waals surface area contributed by atoms with Crippen molar-refractivity contribution in [1.82, 2.24) is 25.8 Å². The van der Waals surface area contributed by atoms with E-state index in [2.05, 4.69) is 27.5 Å². The lowest BCUT2D eigenvalue weighted by molar-refractivity contribution is -0.142. The van der Waals surface area contributed by atoms with Crippen molar-refractivity contribution in [3.05, 3.63) is 101 Å². The third kappa shape index (κ3) is 9.60. The summed E-state index contributed by atoms with van der Waals surface area (Å²) in [5.41, 5.74) is 1.32. The van der Waals surface area contributed by atoms with Crippen molar-refractivity contribution in [2.24, 2.45) is 5.92 Å². The van der Waals surface area contributed by atoms with Gasteiger partial charge in [0.15, 0.2) is 0 Å². The topological polar surface area (TPSA) is 130 Å². The second-order valence-corrected chi connectivity index (χ2v) is 14.1. The third-order valence-electron chi connectivity index (χ3n) is 8.53. The molecule has 1 aliphatic heterocycles. The number of benzene rings is 2. The Labute approximate surface area is 287 Å². The molecule has 1 saturated heterocycles. The van der Waals surface area contributed by atoms with Gasteiger partial charge in [-0.15, -0.1) is 17.9 Å². The SMILES string of the molecule is C=CC(C)(C)N[C@@H](Cc1ccccc1)C(=O)N[C@@H](Cc1ccccc1)C(=O)N1CCC[C@H]1C(=O)N[C@@H](c1ncc(C(=O)OC)s1)C(C)C. The second-order valence-electron chi connectivity index (χ2n) is 13.0. The first-order chi connectivity index (χ1) is 22.9. The van der Waals surface area contributed by atoms with E-state index in [9.17, 15) is 19.2 Å². The number of rotatable bonds is 15. The Morgan fingerprint density at radius 3 is 2.17 bits per heavy atom. The molecular formula is C37H47N5O5S. The fourth-order valence-electron chi connectivity index (χ4n) is 5.78. The van der Waals surface area contributed by atoms with Crippen LogP contribution in [0.5, 0.6) is 0 Å². The summed E-state index contributed by atoms with van der Waals surface area (Å²) in [5.74, 6) is -1.44. The van der Waals surface area contributed by atoms with Crippen molar-refractivity contribution in [3.8, 4) is 0 Å². The molecule has 0 radical (unpaired) electrons. The van der Waals surface area contributed by atoms with Gasteiger partial charge in [-0.3, -0.25) is 19.7 Å². The number of likely N-dealkylation sites (tertiary alicyclic amines) is 1. The van der Waals surface area contributed by atoms with E-state index >= 15 is 0 Å². The smallest absolute Gasteiger partial charge is 0.349 e. The Bertz CT molecular complexity index is 1560. The average Bonchev–Trinajstić information content (AvgIpc) is 3.77. The van der Waals surface area contributed by atoms with Gasteiger partial charge in [0, 0.05) is 18.5 Å². The van der Waals surface area contributed by atoms with Crippen molar-refractivity contribution in [2.75, 3.05) is 13.7 Å². The molecule has 3 amide bonds. The highest BCUT2D eigenvalue weighted by Gasteiger charge is 2.40. The van der Waals surface area contributed by atoms with E-state index in [0.717, 1.165) is 11.1 Å². The Morgan fingerprint density at radius 2 is 1.60 bits per heavy atom. The zero-order chi connectivity index (χ0) is 34.8. The van der Waals surface area contributed by atoms with Crippen LogP contribution < -0.4 is 16.0 Å². The highest BCUT2D eigenvalue weighted by Crippen LogP contribution is 2.28. The van der Waals surface area contributed by atoms with E-state index in [0.29, 0.717) is 35.7 Å². The van der Waals surface area contributed by atoms with Crippen LogP contribution in [0.15, 0.2) is 79.5 Å². The summed E-state index contributed by atoms with van der Waals surface area (Å²) >= 11 is 1.17. The van der Waals surface area contributed by atoms with Gasteiger partial charge in [-0.25, -0.2) is 9.78 Å². The summed E-state index contributed by atoms with van der Waals surface area (Å²) in [7, 11) is 1.31. The molecule has 0 bridgehead atoms. The first-order valence-corrected chi connectivity index (χ1v) is 17.2. The van der Waals surface area contributed by atoms with Crippen molar-refractivity contribution < 1.29 is 23.9 Å². The molecule has 1 fully saturated rings. The van der Waals surface area contributed by atoms with Crippen molar-refractivity contribution in [2.45, 2.75) is 83.1 Å². The van der Waals surface area contributed by atoms with Crippen LogP contribution in [0.3, 0.4) is 0 Å². The zero-order valence-corrected chi connectivity index (χ0v) is 29.2. The number of amides is 3. The number of carbonyl (C=O) groups excluding carboxylic acids is 4. The van der Waals surface area contributed by atoms with Crippen LogP contribution in [0.4, 0.5) is 0 Å². The average molecular weight is 674 g/mol. The summed E-state index contributed by atoms with van der Waals surface area (Å²) in [6.45, 7) is 12.1. The van der Waals surface area contributed by atoms with Gasteiger partial charge in [-0.05, 0) is 50.2 Å². The number of esters is 1. The van der Waals surface area contributed by atoms with Crippen molar-refractivity contribution >= 4 is 35.0 Å². The van der Waals surface area contributed by atoms with E-state index in [4.69, 9.17) is 4.74 Å². The minimum Gasteiger partial charge on any atom is -0.465 e. The molecule has 3 N–H and O–H groups in total. The molecule has 10 nitrogen and oxygen atoms in total. The van der Waals surface area contributed by atoms with Crippen LogP contribution in [-0.4, -0.2) is 70.9 Å². The molecule has 2 heterocycles. The van der Waals surface area contributed by atoms with Gasteiger partial charge in [0.2, 0.25) is 17.7 Å². The second kappa shape index (κ2) is 16.7. The highest BCUT2D eigenvalue weighted by atomic mass is 32.1. The van der Waals surface area contributed by atoms with Crippen LogP contribution in [0.2, 0.25) is 0 Å². The molecule has 2 aromatic carbocycles. The molecule has 4 atom stereocenters. The largest absolute Gasteiger partial charge is 0.465 e. The van der Waals surface area contributed by atoms with Gasteiger partial charge in [-0.1, -0.05) is 80.6 Å². The molecule has 1 aromatic heterocycles. The Kier molecular flexibility index (Phi) is 12.7. The van der Waals surface area contributed by atoms with Crippen molar-refractivity contribution in [1.29, 1.82) is 0 Å². The van der Waals surface area contributed by atoms with Crippen LogP contribution in [-0.2, 0) is 32.0 Å². The maximum atomic E-state index is 14.4. The lowest BCUT2D eigenvalue weighted by Gasteiger charge is -2.32. The maximum Gasteiger partial charge on any atom is 0.349 e. The van der Waals surface area contributed by atoms with Crippen LogP contribution in [0, 0.1) is 5.92 Å². The van der Waals surface area contributed by atoms with Gasteiger partial charge in [0.1, 0.15) is 22.0 Å². The molecule has 0 aliphatic carbocycles. The number of nitrogens with one attached hydrogen (secondary N) is 3. The summed E-state index contributed by atoms with van der Waals surface area (Å²) in [5, 5.41) is 10.1. The molecule has 0 spiro atoms. The van der Waals surface area contributed by atoms with Gasteiger partial charge in [0.05, 0.1) is 25.4 Å². The van der Waals surface area contributed by atoms with Gasteiger partial charge in [-0.2, -0.15) is 0 Å². The quantitative estimate of drug-likeness (QED) is 0.159. The lowest BCUT2D eigenvalue weighted by Crippen LogP contribution is -2.59. The summed E-state index contributed by atoms with van der Waals surface area (Å²) in [6.07, 6.45) is 5.03. The molecule has 1 aliphatic rings. The number of methoxy groups -OCH3 is 1. The van der Waals surface area contributed by atoms with Gasteiger partial charge >= 0.3 is 5.97 Å². The number of thiazole rings is 1. The normalized spacial score (nSPS) is 16.5. The van der Waals surface area contributed by atoms with Crippen molar-refractivity contribution in [3.63, 3.8) is 0 Å². The van der Waals surface area contributed by atoms with Gasteiger partial charge in [0.25, 0.3) is 0 Å². The molecule has 3 aromatic rings. The van der Waals surface area contributed by atoms with E-state index in [1.807, 2.05) is 88.4 Å². The van der Waals surface area contributed by atoms with E-state index in [1.54, 1.807) is 11.0 Å². The molecule has 256 valence electrons. The Balaban J connectivity index is 1.57. The highest BCUT2D eigenvalue weighted by molar-refractivity contribution is 7.13. The first-order valence-electron chi connectivity index (χ1n) is 16.4. The third-order valence-corrected chi connectivity index (χ3v) is 9.59. The summed E-state index contributed by atoms with van der Waals surface area (Å²) < 4.78 is 4.82. The molecule has 11 heteroatoms. The fraction of sp³-hybridized carbons (Fsp3) is 0.432. The number of hydrogen-bond acceptors (Lipinski definition) is 8. The minimum absolute atomic E-state index is 0.0323. The molecule has 4 rings (SSSR count). The predicted octanol–water partition coefficient (Wildman–Crippen LogP) is 4.63. The molecule has 48 heavy (non-hydrogen) atoms. The Morgan fingerprint density at radius 1 is 1.00 bits per heavy atom. The Hall–Kier alpha value is -4.35. The molecular weight excluding hydrogens is 627 g/mol. The van der Waals surface area contributed by atoms with Crippen LogP contribution >= 0.6 is 11.3 Å². The predicted molar refractivity (Wildman–Crippen MR) is 187 cm³/mol. The molecule has 0 unspecified atom stereocenters. The van der Waals surface area contributed by atoms with E-state index in [1.165, 1.54) is 24.6 Å². The number of ether oxygens (including phenoxy) is 1. The van der Waals surface area contributed by atoms with Gasteiger partial charge < -0.3 is 20.3 Å². The number of hydrogen-bond donors (Lipinski definition) is 3. The summed E-state index contributed by atoms with van der Waals surface area (Å²) in [6, 6.07) is 16.5. The number of aromatic nitrogens is 1. The standard InChI is InChI=1S/C37H47N5O5S/c1-7-37(4,5)41-27(21-25-15-10-8-11-16-25)32(43)39-28(22-26-17-12-9-13-18-26)35(45)42-20-14-19-29(42)33(44)40-31(24(2)3)34-38-23-30(48-34)36(46)47-6/h7-13,15-18,23-24,27-29,31,41H,1,14,19-22H2,2-6H3,(H,39,43)(H,40,44)/t27-,28-,29-,31+/m0/s1. The molecule has 0 saturated carbocycles. The lowest BCUT2D eigenvalue weighted by atomic mass is 9.98. The van der Waals surface area contributed by atoms with E-state index < -0.39 is 35.7 Å². The monoisotopic (exact) mass is 673 g/mol. The first kappa shape index (κ1) is 36.5.